The van der Waals surface area contributed by atoms with Crippen LogP contribution in [0.4, 0.5) is 5.82 Å². The van der Waals surface area contributed by atoms with Gasteiger partial charge in [-0.05, 0) is 38.9 Å². The predicted octanol–water partition coefficient (Wildman–Crippen LogP) is 1.67. The van der Waals surface area contributed by atoms with Gasteiger partial charge in [-0.2, -0.15) is 0 Å². The monoisotopic (exact) mass is 249 g/mol. The van der Waals surface area contributed by atoms with Gasteiger partial charge >= 0.3 is 5.97 Å². The molecule has 5 heteroatoms. The van der Waals surface area contributed by atoms with E-state index in [1.165, 1.54) is 12.8 Å². The van der Waals surface area contributed by atoms with E-state index in [-0.39, 0.29) is 5.56 Å². The molecule has 0 amide bonds. The first-order valence-corrected chi connectivity index (χ1v) is 6.23. The molecule has 98 valence electrons. The van der Waals surface area contributed by atoms with Gasteiger partial charge in [-0.25, -0.2) is 9.78 Å². The Kier molecular flexibility index (Phi) is 3.81. The van der Waals surface area contributed by atoms with Crippen LogP contribution in [0.15, 0.2) is 18.3 Å². The van der Waals surface area contributed by atoms with E-state index in [4.69, 9.17) is 5.11 Å². The van der Waals surface area contributed by atoms with Gasteiger partial charge in [0.2, 0.25) is 0 Å². The van der Waals surface area contributed by atoms with Crippen molar-refractivity contribution in [2.75, 3.05) is 18.9 Å². The summed E-state index contributed by atoms with van der Waals surface area (Å²) in [6, 6.07) is 4.26. The highest BCUT2D eigenvalue weighted by atomic mass is 16.4. The highest BCUT2D eigenvalue weighted by Gasteiger charge is 2.29. The van der Waals surface area contributed by atoms with Gasteiger partial charge in [0, 0.05) is 24.8 Å². The maximum absolute atomic E-state index is 11.0. The Bertz CT molecular complexity index is 432. The van der Waals surface area contributed by atoms with E-state index in [1.54, 1.807) is 18.3 Å². The summed E-state index contributed by atoms with van der Waals surface area (Å²) >= 11 is 0. The molecule has 1 aliphatic carbocycles. The molecule has 0 spiro atoms. The number of hydrogen-bond acceptors (Lipinski definition) is 4. The summed E-state index contributed by atoms with van der Waals surface area (Å²) in [7, 11) is 2.11. The Labute approximate surface area is 107 Å². The topological polar surface area (TPSA) is 65.5 Å². The van der Waals surface area contributed by atoms with Crippen LogP contribution in [0.1, 0.15) is 30.1 Å². The fraction of sp³-hybridized carbons (Fsp3) is 0.538. The molecule has 1 aliphatic rings. The van der Waals surface area contributed by atoms with E-state index in [0.717, 1.165) is 0 Å². The first-order valence-electron chi connectivity index (χ1n) is 6.23. The van der Waals surface area contributed by atoms with Gasteiger partial charge in [0.15, 0.2) is 0 Å². The zero-order valence-corrected chi connectivity index (χ0v) is 10.8. The number of carbonyl (C=O) groups is 1. The summed E-state index contributed by atoms with van der Waals surface area (Å²) in [6.07, 6.45) is 4.14. The molecule has 2 rings (SSSR count). The maximum Gasteiger partial charge on any atom is 0.339 e. The molecule has 1 heterocycles. The third-order valence-electron chi connectivity index (χ3n) is 3.42. The SMILES string of the molecule is CC(CNc1ncccc1C(=O)O)N(C)C1CC1. The minimum atomic E-state index is -0.950. The van der Waals surface area contributed by atoms with Crippen LogP contribution in [0.3, 0.4) is 0 Å². The summed E-state index contributed by atoms with van der Waals surface area (Å²) in [5.41, 5.74) is 0.221. The smallest absolute Gasteiger partial charge is 0.339 e. The van der Waals surface area contributed by atoms with Gasteiger partial charge in [0.25, 0.3) is 0 Å². The Hall–Kier alpha value is -1.62. The zero-order valence-electron chi connectivity index (χ0n) is 10.8. The van der Waals surface area contributed by atoms with Crippen molar-refractivity contribution in [1.29, 1.82) is 0 Å². The summed E-state index contributed by atoms with van der Waals surface area (Å²) in [6.45, 7) is 2.83. The van der Waals surface area contributed by atoms with Crippen molar-refractivity contribution in [2.24, 2.45) is 0 Å². The van der Waals surface area contributed by atoms with Gasteiger partial charge in [-0.15, -0.1) is 0 Å². The lowest BCUT2D eigenvalue weighted by atomic mass is 10.2. The summed E-state index contributed by atoms with van der Waals surface area (Å²) < 4.78 is 0. The molecule has 0 bridgehead atoms. The number of anilines is 1. The molecular weight excluding hydrogens is 230 g/mol. The molecule has 0 saturated heterocycles. The third kappa shape index (κ3) is 2.98. The molecule has 0 radical (unpaired) electrons. The van der Waals surface area contributed by atoms with Crippen LogP contribution in [0.25, 0.3) is 0 Å². The first-order chi connectivity index (χ1) is 8.59. The van der Waals surface area contributed by atoms with Crippen molar-refractivity contribution < 1.29 is 9.90 Å². The number of hydrogen-bond donors (Lipinski definition) is 2. The zero-order chi connectivity index (χ0) is 13.1. The van der Waals surface area contributed by atoms with Crippen LogP contribution in [0.2, 0.25) is 0 Å². The summed E-state index contributed by atoms with van der Waals surface area (Å²) in [4.78, 5) is 17.4. The molecule has 2 N–H and O–H groups in total. The van der Waals surface area contributed by atoms with E-state index in [2.05, 4.69) is 29.2 Å². The number of carboxylic acid groups (broad SMARTS) is 1. The number of aromatic carboxylic acids is 1. The quantitative estimate of drug-likeness (QED) is 0.803. The van der Waals surface area contributed by atoms with Crippen molar-refractivity contribution in [1.82, 2.24) is 9.88 Å². The van der Waals surface area contributed by atoms with E-state index >= 15 is 0 Å². The standard InChI is InChI=1S/C13H19N3O2/c1-9(16(2)10-5-6-10)8-15-12-11(13(17)18)4-3-7-14-12/h3-4,7,9-10H,5-6,8H2,1-2H3,(H,14,15)(H,17,18). The second-order valence-electron chi connectivity index (χ2n) is 4.83. The van der Waals surface area contributed by atoms with Crippen LogP contribution in [-0.4, -0.2) is 46.6 Å². The van der Waals surface area contributed by atoms with E-state index in [1.807, 2.05) is 0 Å². The van der Waals surface area contributed by atoms with E-state index in [9.17, 15) is 4.79 Å². The Balaban J connectivity index is 1.95. The number of aromatic nitrogens is 1. The minimum absolute atomic E-state index is 0.221. The van der Waals surface area contributed by atoms with Gasteiger partial charge in [0.05, 0.1) is 0 Å². The molecule has 0 aliphatic heterocycles. The number of likely N-dealkylation sites (N-methyl/N-ethyl adjacent to an activating group) is 1. The highest BCUT2D eigenvalue weighted by molar-refractivity contribution is 5.92. The Morgan fingerprint density at radius 3 is 3.00 bits per heavy atom. The maximum atomic E-state index is 11.0. The predicted molar refractivity (Wildman–Crippen MR) is 69.9 cm³/mol. The average molecular weight is 249 g/mol. The molecule has 0 aromatic carbocycles. The van der Waals surface area contributed by atoms with Crippen LogP contribution in [-0.2, 0) is 0 Å². The lowest BCUT2D eigenvalue weighted by Gasteiger charge is -2.25. The number of carboxylic acids is 1. The molecule has 1 fully saturated rings. The number of rotatable bonds is 6. The number of pyridine rings is 1. The third-order valence-corrected chi connectivity index (χ3v) is 3.42. The van der Waals surface area contributed by atoms with Crippen LogP contribution in [0, 0.1) is 0 Å². The molecular formula is C13H19N3O2. The van der Waals surface area contributed by atoms with Crippen LogP contribution >= 0.6 is 0 Å². The Morgan fingerprint density at radius 1 is 1.67 bits per heavy atom. The fourth-order valence-corrected chi connectivity index (χ4v) is 1.95. The van der Waals surface area contributed by atoms with Crippen molar-refractivity contribution in [3.8, 4) is 0 Å². The van der Waals surface area contributed by atoms with Crippen molar-refractivity contribution in [3.63, 3.8) is 0 Å². The second-order valence-corrected chi connectivity index (χ2v) is 4.83. The number of nitrogens with zero attached hydrogens (tertiary/aromatic N) is 2. The Morgan fingerprint density at radius 2 is 2.39 bits per heavy atom. The average Bonchev–Trinajstić information content (AvgIpc) is 3.19. The second kappa shape index (κ2) is 5.35. The van der Waals surface area contributed by atoms with Gasteiger partial charge in [-0.1, -0.05) is 0 Å². The van der Waals surface area contributed by atoms with E-state index < -0.39 is 5.97 Å². The lowest BCUT2D eigenvalue weighted by Crippen LogP contribution is -2.36. The van der Waals surface area contributed by atoms with Gasteiger partial charge < -0.3 is 10.4 Å². The van der Waals surface area contributed by atoms with Gasteiger partial charge in [-0.3, -0.25) is 4.90 Å². The van der Waals surface area contributed by atoms with Crippen molar-refractivity contribution in [3.05, 3.63) is 23.9 Å². The van der Waals surface area contributed by atoms with Gasteiger partial charge in [0.1, 0.15) is 11.4 Å². The van der Waals surface area contributed by atoms with Crippen molar-refractivity contribution >= 4 is 11.8 Å². The molecule has 18 heavy (non-hydrogen) atoms. The molecule has 1 aromatic rings. The lowest BCUT2D eigenvalue weighted by molar-refractivity contribution is 0.0697. The molecule has 1 unspecified atom stereocenters. The van der Waals surface area contributed by atoms with Crippen LogP contribution < -0.4 is 5.32 Å². The summed E-state index contributed by atoms with van der Waals surface area (Å²) in [5, 5.41) is 12.2. The van der Waals surface area contributed by atoms with Crippen LogP contribution in [0.5, 0.6) is 0 Å². The first kappa shape index (κ1) is 12.8. The largest absolute Gasteiger partial charge is 0.478 e. The highest BCUT2D eigenvalue weighted by Crippen LogP contribution is 2.27. The molecule has 1 atom stereocenters. The molecule has 1 aromatic heterocycles. The normalized spacial score (nSPS) is 16.6. The number of nitrogens with one attached hydrogen (secondary N) is 1. The minimum Gasteiger partial charge on any atom is -0.478 e. The molecule has 5 nitrogen and oxygen atoms in total. The molecule has 1 saturated carbocycles. The summed E-state index contributed by atoms with van der Waals surface area (Å²) in [5.74, 6) is -0.505. The fourth-order valence-electron chi connectivity index (χ4n) is 1.95. The van der Waals surface area contributed by atoms with E-state index in [0.29, 0.717) is 24.4 Å². The van der Waals surface area contributed by atoms with Crippen molar-refractivity contribution in [2.45, 2.75) is 31.8 Å².